The Hall–Kier alpha value is -6.52. The smallest absolute Gasteiger partial charge is 0.177 e. The zero-order valence-corrected chi connectivity index (χ0v) is 26.4. The van der Waals surface area contributed by atoms with Crippen LogP contribution in [0.5, 0.6) is 23.0 Å². The number of rotatable bonds is 4. The third-order valence-electron chi connectivity index (χ3n) is 9.97. The van der Waals surface area contributed by atoms with Gasteiger partial charge in [0.2, 0.25) is 0 Å². The maximum absolute atomic E-state index is 6.92. The second kappa shape index (κ2) is 10.8. The highest BCUT2D eigenvalue weighted by Crippen LogP contribution is 2.60. The average Bonchev–Trinajstić information content (AvgIpc) is 3.46. The van der Waals surface area contributed by atoms with E-state index in [1.54, 1.807) is 6.33 Å². The van der Waals surface area contributed by atoms with E-state index in [1.165, 1.54) is 27.8 Å². The van der Waals surface area contributed by atoms with Crippen LogP contribution in [0.4, 0.5) is 0 Å². The number of nitrogens with zero attached hydrogens (tertiary/aromatic N) is 2. The molecule has 7 aromatic carbocycles. The fourth-order valence-corrected chi connectivity index (χ4v) is 7.88. The zero-order valence-electron chi connectivity index (χ0n) is 26.4. The van der Waals surface area contributed by atoms with Gasteiger partial charge in [0.15, 0.2) is 23.0 Å². The van der Waals surface area contributed by atoms with Crippen molar-refractivity contribution in [3.63, 3.8) is 0 Å². The molecule has 0 amide bonds. The van der Waals surface area contributed by atoms with E-state index >= 15 is 0 Å². The molecule has 0 bridgehead atoms. The molecule has 0 spiro atoms. The van der Waals surface area contributed by atoms with Crippen molar-refractivity contribution in [2.24, 2.45) is 0 Å². The number of benzene rings is 7. The Morgan fingerprint density at radius 1 is 0.449 bits per heavy atom. The van der Waals surface area contributed by atoms with Gasteiger partial charge in [0.25, 0.3) is 0 Å². The lowest BCUT2D eigenvalue weighted by atomic mass is 9.67. The molecule has 10 rings (SSSR count). The minimum Gasteiger partial charge on any atom is -0.449 e. The molecule has 0 fully saturated rings. The van der Waals surface area contributed by atoms with E-state index < -0.39 is 5.41 Å². The van der Waals surface area contributed by atoms with Gasteiger partial charge in [-0.05, 0) is 80.4 Å². The summed E-state index contributed by atoms with van der Waals surface area (Å²) in [6.45, 7) is 0. The summed E-state index contributed by atoms with van der Waals surface area (Å²) in [6.07, 6.45) is 3.47. The van der Waals surface area contributed by atoms with Gasteiger partial charge in [0.05, 0.1) is 10.9 Å². The highest BCUT2D eigenvalue weighted by Gasteiger charge is 2.47. The van der Waals surface area contributed by atoms with Gasteiger partial charge in [-0.25, -0.2) is 9.97 Å². The molecule has 0 atom stereocenters. The van der Waals surface area contributed by atoms with Gasteiger partial charge < -0.3 is 9.47 Å². The molecule has 1 aliphatic heterocycles. The van der Waals surface area contributed by atoms with Gasteiger partial charge in [0.1, 0.15) is 6.33 Å². The lowest BCUT2D eigenvalue weighted by Gasteiger charge is -2.34. The first-order chi connectivity index (χ1) is 24.3. The zero-order chi connectivity index (χ0) is 32.4. The van der Waals surface area contributed by atoms with Crippen molar-refractivity contribution in [3.8, 4) is 56.4 Å². The van der Waals surface area contributed by atoms with E-state index in [9.17, 15) is 0 Å². The highest BCUT2D eigenvalue weighted by atomic mass is 16.6. The molecule has 2 heterocycles. The summed E-state index contributed by atoms with van der Waals surface area (Å²) in [5.74, 6) is 2.80. The summed E-state index contributed by atoms with van der Waals surface area (Å²) in [6, 6.07) is 55.5. The Morgan fingerprint density at radius 2 is 1.10 bits per heavy atom. The molecule has 0 radical (unpaired) electrons. The third kappa shape index (κ3) is 4.11. The van der Waals surface area contributed by atoms with E-state index in [0.717, 1.165) is 38.7 Å². The number of aromatic nitrogens is 2. The summed E-state index contributed by atoms with van der Waals surface area (Å²) in [5, 5.41) is 1.01. The summed E-state index contributed by atoms with van der Waals surface area (Å²) in [4.78, 5) is 8.76. The molecular formula is C45H28N2O2. The molecule has 0 unspecified atom stereocenters. The Labute approximate surface area is 283 Å². The molecule has 49 heavy (non-hydrogen) atoms. The Bertz CT molecular complexity index is 2520. The van der Waals surface area contributed by atoms with Crippen molar-refractivity contribution in [1.82, 2.24) is 9.97 Å². The third-order valence-corrected chi connectivity index (χ3v) is 9.97. The predicted molar refractivity (Wildman–Crippen MR) is 194 cm³/mol. The first-order valence-electron chi connectivity index (χ1n) is 16.5. The van der Waals surface area contributed by atoms with Crippen LogP contribution < -0.4 is 9.47 Å². The summed E-state index contributed by atoms with van der Waals surface area (Å²) in [7, 11) is 0. The minimum atomic E-state index is -0.525. The largest absolute Gasteiger partial charge is 0.449 e. The molecule has 4 nitrogen and oxygen atoms in total. The predicted octanol–water partition coefficient (Wildman–Crippen LogP) is 11.2. The van der Waals surface area contributed by atoms with Gasteiger partial charge in [0, 0.05) is 17.1 Å². The number of ether oxygens (including phenoxy) is 2. The van der Waals surface area contributed by atoms with Crippen LogP contribution in [0.2, 0.25) is 0 Å². The minimum absolute atomic E-state index is 0.525. The number of hydrogen-bond donors (Lipinski definition) is 0. The molecule has 1 aromatic heterocycles. The Balaban J connectivity index is 1.14. The van der Waals surface area contributed by atoms with Crippen LogP contribution in [0, 0.1) is 0 Å². The Morgan fingerprint density at radius 3 is 1.92 bits per heavy atom. The van der Waals surface area contributed by atoms with Crippen molar-refractivity contribution >= 4 is 10.9 Å². The van der Waals surface area contributed by atoms with Crippen molar-refractivity contribution in [1.29, 1.82) is 0 Å². The average molecular weight is 629 g/mol. The number of hydrogen-bond acceptors (Lipinski definition) is 4. The van der Waals surface area contributed by atoms with Gasteiger partial charge in [-0.15, -0.1) is 0 Å². The SMILES string of the molecule is c1ccc(C2(c3ccccc3)c3ccccc3-c3cc4c(cc32)Oc2c(cccc2-c2cccc(-c3cccc5ncncc35)c2)O4)cc1. The first kappa shape index (κ1) is 27.6. The van der Waals surface area contributed by atoms with Crippen LogP contribution >= 0.6 is 0 Å². The van der Waals surface area contributed by atoms with Gasteiger partial charge in [-0.1, -0.05) is 127 Å². The number of fused-ring (bicyclic) bond motifs is 6. The topological polar surface area (TPSA) is 44.2 Å². The second-order valence-corrected chi connectivity index (χ2v) is 12.6. The summed E-state index contributed by atoms with van der Waals surface area (Å²) >= 11 is 0. The lowest BCUT2D eigenvalue weighted by molar-refractivity contribution is 0.360. The summed E-state index contributed by atoms with van der Waals surface area (Å²) in [5.41, 5.74) is 11.7. The van der Waals surface area contributed by atoms with Crippen molar-refractivity contribution in [2.45, 2.75) is 5.41 Å². The monoisotopic (exact) mass is 628 g/mol. The molecular weight excluding hydrogens is 601 g/mol. The van der Waals surface area contributed by atoms with E-state index in [2.05, 4.69) is 143 Å². The van der Waals surface area contributed by atoms with Gasteiger partial charge in [-0.3, -0.25) is 0 Å². The van der Waals surface area contributed by atoms with Crippen molar-refractivity contribution in [3.05, 3.63) is 193 Å². The fraction of sp³-hybridized carbons (Fsp3) is 0.0222. The molecule has 0 N–H and O–H groups in total. The fourth-order valence-electron chi connectivity index (χ4n) is 7.88. The highest BCUT2D eigenvalue weighted by molar-refractivity contribution is 5.95. The molecule has 0 saturated heterocycles. The maximum atomic E-state index is 6.92. The van der Waals surface area contributed by atoms with Crippen LogP contribution in [0.1, 0.15) is 22.3 Å². The van der Waals surface area contributed by atoms with E-state index in [0.29, 0.717) is 23.0 Å². The van der Waals surface area contributed by atoms with E-state index in [4.69, 9.17) is 9.47 Å². The molecule has 230 valence electrons. The van der Waals surface area contributed by atoms with Crippen molar-refractivity contribution in [2.75, 3.05) is 0 Å². The lowest BCUT2D eigenvalue weighted by Crippen LogP contribution is -2.28. The first-order valence-corrected chi connectivity index (χ1v) is 16.5. The quantitative estimate of drug-likeness (QED) is 0.195. The van der Waals surface area contributed by atoms with Gasteiger partial charge >= 0.3 is 0 Å². The molecule has 2 aliphatic rings. The van der Waals surface area contributed by atoms with Crippen molar-refractivity contribution < 1.29 is 9.47 Å². The van der Waals surface area contributed by atoms with Gasteiger partial charge in [-0.2, -0.15) is 0 Å². The summed E-state index contributed by atoms with van der Waals surface area (Å²) < 4.78 is 13.6. The van der Waals surface area contributed by atoms with Crippen LogP contribution in [0.3, 0.4) is 0 Å². The molecule has 8 aromatic rings. The van der Waals surface area contributed by atoms with Crippen LogP contribution in [-0.4, -0.2) is 9.97 Å². The number of para-hydroxylation sites is 1. The van der Waals surface area contributed by atoms with Crippen LogP contribution in [0.15, 0.2) is 170 Å². The molecule has 1 aliphatic carbocycles. The van der Waals surface area contributed by atoms with E-state index in [-0.39, 0.29) is 0 Å². The Kier molecular flexibility index (Phi) is 6.06. The normalized spacial score (nSPS) is 13.4. The van der Waals surface area contributed by atoms with Crippen LogP contribution in [-0.2, 0) is 5.41 Å². The maximum Gasteiger partial charge on any atom is 0.177 e. The molecule has 0 saturated carbocycles. The van der Waals surface area contributed by atoms with E-state index in [1.807, 2.05) is 30.5 Å². The standard InChI is InChI=1S/C45H28N2O2/c1-3-14-31(15-4-1)45(32-16-5-2-6-17-32)38-21-8-7-18-35(38)36-25-42-43(26-39(36)45)49-44-34(20-11-23-41(44)48-42)30-13-9-12-29(24-30)33-19-10-22-40-37(33)27-46-28-47-40/h1-28H. The second-order valence-electron chi connectivity index (χ2n) is 12.6. The van der Waals surface area contributed by atoms with Crippen LogP contribution in [0.25, 0.3) is 44.3 Å². The molecule has 4 heteroatoms.